The van der Waals surface area contributed by atoms with Crippen molar-refractivity contribution in [1.82, 2.24) is 0 Å². The summed E-state index contributed by atoms with van der Waals surface area (Å²) in [7, 11) is 3.82. The lowest BCUT2D eigenvalue weighted by Crippen LogP contribution is -2.49. The van der Waals surface area contributed by atoms with Gasteiger partial charge in [0.15, 0.2) is 0 Å². The Kier molecular flexibility index (Phi) is 2.16. The molecule has 4 bridgehead atoms. The van der Waals surface area contributed by atoms with Crippen LogP contribution in [0.25, 0.3) is 0 Å². The summed E-state index contributed by atoms with van der Waals surface area (Å²) in [6.45, 7) is 0. The van der Waals surface area contributed by atoms with Crippen molar-refractivity contribution < 1.29 is 9.47 Å². The second kappa shape index (κ2) is 3.21. The Morgan fingerprint density at radius 1 is 0.933 bits per heavy atom. The number of hydrogen-bond donors (Lipinski definition) is 0. The molecule has 4 atom stereocenters. The molecule has 0 aromatic heterocycles. The molecule has 0 amide bonds. The summed E-state index contributed by atoms with van der Waals surface area (Å²) in [4.78, 5) is 0. The van der Waals surface area contributed by atoms with Crippen LogP contribution < -0.4 is 0 Å². The fraction of sp³-hybridized carbons (Fsp3) is 1.00. The van der Waals surface area contributed by atoms with E-state index in [9.17, 15) is 0 Å². The summed E-state index contributed by atoms with van der Waals surface area (Å²) >= 11 is 0. The van der Waals surface area contributed by atoms with Gasteiger partial charge in [-0.15, -0.1) is 0 Å². The summed E-state index contributed by atoms with van der Waals surface area (Å²) in [5.74, 6) is 1.61. The molecule has 5 rings (SSSR count). The van der Waals surface area contributed by atoms with Crippen molar-refractivity contribution >= 4 is 0 Å². The van der Waals surface area contributed by atoms with Gasteiger partial charge in [-0.1, -0.05) is 0 Å². The van der Waals surface area contributed by atoms with Gasteiger partial charge in [0.2, 0.25) is 0 Å². The third kappa shape index (κ3) is 1.31. The first-order chi connectivity index (χ1) is 7.22. The van der Waals surface area contributed by atoms with Crippen LogP contribution in [0.1, 0.15) is 44.9 Å². The number of methoxy groups -OCH3 is 2. The van der Waals surface area contributed by atoms with Crippen LogP contribution in [0.3, 0.4) is 0 Å². The van der Waals surface area contributed by atoms with Crippen LogP contribution in [0.4, 0.5) is 0 Å². The normalized spacial score (nSPS) is 53.2. The minimum absolute atomic E-state index is 0.213. The van der Waals surface area contributed by atoms with Gasteiger partial charge in [-0.05, 0) is 56.8 Å². The van der Waals surface area contributed by atoms with Crippen molar-refractivity contribution in [3.63, 3.8) is 0 Å². The van der Waals surface area contributed by atoms with E-state index in [2.05, 4.69) is 0 Å². The number of ether oxygens (including phenoxy) is 2. The molecule has 0 aromatic rings. The fourth-order valence-electron chi connectivity index (χ4n) is 4.55. The molecule has 0 aromatic carbocycles. The monoisotopic (exact) mass is 210 g/mol. The third-order valence-corrected chi connectivity index (χ3v) is 5.42. The van der Waals surface area contributed by atoms with E-state index in [0.717, 1.165) is 11.8 Å². The Labute approximate surface area is 92.3 Å². The van der Waals surface area contributed by atoms with Crippen LogP contribution in [0, 0.1) is 11.8 Å². The first-order valence-corrected chi connectivity index (χ1v) is 6.32. The highest BCUT2D eigenvalue weighted by Gasteiger charge is 2.56. The zero-order valence-electron chi connectivity index (χ0n) is 9.92. The number of fused-ring (bicyclic) bond motifs is 2. The summed E-state index contributed by atoms with van der Waals surface area (Å²) in [6, 6.07) is 0. The van der Waals surface area contributed by atoms with Crippen LogP contribution in [-0.4, -0.2) is 25.4 Å². The second-order valence-electron chi connectivity index (χ2n) is 5.91. The quantitative estimate of drug-likeness (QED) is 0.697. The fourth-order valence-corrected chi connectivity index (χ4v) is 4.55. The van der Waals surface area contributed by atoms with Gasteiger partial charge in [-0.2, -0.15) is 0 Å². The molecule has 0 radical (unpaired) electrons. The van der Waals surface area contributed by atoms with Gasteiger partial charge in [0, 0.05) is 14.2 Å². The van der Waals surface area contributed by atoms with E-state index in [0.29, 0.717) is 0 Å². The highest BCUT2D eigenvalue weighted by Crippen LogP contribution is 2.58. The molecule has 15 heavy (non-hydrogen) atoms. The molecule has 5 aliphatic rings. The SMILES string of the molecule is COC12CCC3(OC)CC(CCC3C1)C2. The molecule has 0 saturated heterocycles. The van der Waals surface area contributed by atoms with E-state index >= 15 is 0 Å². The maximum atomic E-state index is 5.91. The van der Waals surface area contributed by atoms with E-state index in [1.807, 2.05) is 14.2 Å². The van der Waals surface area contributed by atoms with Crippen molar-refractivity contribution in [2.45, 2.75) is 56.1 Å². The lowest BCUT2D eigenvalue weighted by Gasteiger charge is -2.48. The third-order valence-electron chi connectivity index (χ3n) is 5.42. The second-order valence-corrected chi connectivity index (χ2v) is 5.91. The highest BCUT2D eigenvalue weighted by atomic mass is 16.5. The first-order valence-electron chi connectivity index (χ1n) is 6.32. The Hall–Kier alpha value is -0.0800. The summed E-state index contributed by atoms with van der Waals surface area (Å²) < 4.78 is 11.8. The predicted octanol–water partition coefficient (Wildman–Crippen LogP) is 2.76. The zero-order valence-corrected chi connectivity index (χ0v) is 9.92. The molecule has 0 aliphatic heterocycles. The average molecular weight is 210 g/mol. The Morgan fingerprint density at radius 2 is 1.80 bits per heavy atom. The molecular formula is C13H22O2. The average Bonchev–Trinajstić information content (AvgIpc) is 2.60. The van der Waals surface area contributed by atoms with E-state index in [-0.39, 0.29) is 11.2 Å². The first kappa shape index (κ1) is 10.1. The van der Waals surface area contributed by atoms with Crippen molar-refractivity contribution in [3.05, 3.63) is 0 Å². The van der Waals surface area contributed by atoms with Gasteiger partial charge in [-0.3, -0.25) is 0 Å². The van der Waals surface area contributed by atoms with Crippen LogP contribution in [0.5, 0.6) is 0 Å². The van der Waals surface area contributed by atoms with Crippen LogP contribution >= 0.6 is 0 Å². The lowest BCUT2D eigenvalue weighted by atomic mass is 9.66. The highest BCUT2D eigenvalue weighted by molar-refractivity contribution is 5.08. The standard InChI is InChI=1S/C13H22O2/c1-14-12-5-6-13(15-2)8-10(7-12)3-4-11(13)9-12/h10-11H,3-9H2,1-2H3. The van der Waals surface area contributed by atoms with Crippen molar-refractivity contribution in [3.8, 4) is 0 Å². The van der Waals surface area contributed by atoms with Gasteiger partial charge < -0.3 is 9.47 Å². The topological polar surface area (TPSA) is 18.5 Å². The van der Waals surface area contributed by atoms with Gasteiger partial charge >= 0.3 is 0 Å². The molecular weight excluding hydrogens is 188 g/mol. The van der Waals surface area contributed by atoms with Crippen LogP contribution in [-0.2, 0) is 9.47 Å². The minimum atomic E-state index is 0.213. The Balaban J connectivity index is 1.97. The van der Waals surface area contributed by atoms with Gasteiger partial charge in [-0.25, -0.2) is 0 Å². The van der Waals surface area contributed by atoms with Gasteiger partial charge in [0.25, 0.3) is 0 Å². The molecule has 5 fully saturated rings. The largest absolute Gasteiger partial charge is 0.378 e. The molecule has 0 heterocycles. The summed E-state index contributed by atoms with van der Waals surface area (Å²) in [6.07, 6.45) is 9.02. The molecule has 5 aliphatic carbocycles. The molecule has 0 N–H and O–H groups in total. The number of rotatable bonds is 2. The molecule has 86 valence electrons. The predicted molar refractivity (Wildman–Crippen MR) is 58.8 cm³/mol. The van der Waals surface area contributed by atoms with E-state index in [1.165, 1.54) is 44.9 Å². The smallest absolute Gasteiger partial charge is 0.0711 e. The lowest BCUT2D eigenvalue weighted by molar-refractivity contribution is -0.141. The Morgan fingerprint density at radius 3 is 2.53 bits per heavy atom. The Bertz CT molecular complexity index is 263. The van der Waals surface area contributed by atoms with Crippen molar-refractivity contribution in [1.29, 1.82) is 0 Å². The molecule has 5 saturated carbocycles. The van der Waals surface area contributed by atoms with Crippen molar-refractivity contribution in [2.75, 3.05) is 14.2 Å². The van der Waals surface area contributed by atoms with Gasteiger partial charge in [0.05, 0.1) is 11.2 Å². The maximum Gasteiger partial charge on any atom is 0.0711 e. The van der Waals surface area contributed by atoms with Crippen molar-refractivity contribution in [2.24, 2.45) is 11.8 Å². The summed E-state index contributed by atoms with van der Waals surface area (Å²) in [5, 5.41) is 0. The minimum Gasteiger partial charge on any atom is -0.378 e. The maximum absolute atomic E-state index is 5.91. The molecule has 0 spiro atoms. The van der Waals surface area contributed by atoms with Crippen LogP contribution in [0.2, 0.25) is 0 Å². The number of hydrogen-bond acceptors (Lipinski definition) is 2. The van der Waals surface area contributed by atoms with E-state index < -0.39 is 0 Å². The zero-order chi connectivity index (χ0) is 10.5. The molecule has 4 unspecified atom stereocenters. The van der Waals surface area contributed by atoms with E-state index in [4.69, 9.17) is 9.47 Å². The van der Waals surface area contributed by atoms with Gasteiger partial charge in [0.1, 0.15) is 0 Å². The molecule has 2 heteroatoms. The summed E-state index contributed by atoms with van der Waals surface area (Å²) in [5.41, 5.74) is 0.436. The van der Waals surface area contributed by atoms with Crippen LogP contribution in [0.15, 0.2) is 0 Å². The van der Waals surface area contributed by atoms with E-state index in [1.54, 1.807) is 0 Å². The molecule has 2 nitrogen and oxygen atoms in total.